The molecule has 65 heavy (non-hydrogen) atoms. The number of fused-ring (bicyclic) bond motifs is 6. The number of benzene rings is 10. The van der Waals surface area contributed by atoms with Crippen LogP contribution in [0.1, 0.15) is 25.0 Å². The first-order chi connectivity index (χ1) is 32.0. The highest BCUT2D eigenvalue weighted by molar-refractivity contribution is 6.09. The van der Waals surface area contributed by atoms with Gasteiger partial charge in [0.2, 0.25) is 0 Å². The van der Waals surface area contributed by atoms with Crippen LogP contribution in [0, 0.1) is 0 Å². The summed E-state index contributed by atoms with van der Waals surface area (Å²) in [4.78, 5) is 2.43. The van der Waals surface area contributed by atoms with E-state index in [4.69, 9.17) is 0 Å². The molecule has 308 valence electrons. The van der Waals surface area contributed by atoms with Crippen LogP contribution in [0.5, 0.6) is 0 Å². The summed E-state index contributed by atoms with van der Waals surface area (Å²) < 4.78 is 2.43. The third-order valence-electron chi connectivity index (χ3n) is 13.6. The molecule has 0 bridgehead atoms. The van der Waals surface area contributed by atoms with E-state index >= 15 is 0 Å². The molecule has 0 atom stereocenters. The Kier molecular flexibility index (Phi) is 9.21. The van der Waals surface area contributed by atoms with Crippen LogP contribution in [-0.2, 0) is 5.41 Å². The van der Waals surface area contributed by atoms with Gasteiger partial charge in [-0.25, -0.2) is 0 Å². The second kappa shape index (κ2) is 15.6. The van der Waals surface area contributed by atoms with Crippen LogP contribution in [0.4, 0.5) is 17.1 Å². The summed E-state index contributed by atoms with van der Waals surface area (Å²) in [6.45, 7) is 4.78. The molecule has 11 aromatic rings. The zero-order valence-electron chi connectivity index (χ0n) is 36.5. The second-order valence-electron chi connectivity index (χ2n) is 17.7. The van der Waals surface area contributed by atoms with Gasteiger partial charge in [0.1, 0.15) is 0 Å². The van der Waals surface area contributed by atoms with E-state index in [2.05, 4.69) is 266 Å². The van der Waals surface area contributed by atoms with Crippen molar-refractivity contribution in [2.45, 2.75) is 19.3 Å². The van der Waals surface area contributed by atoms with Crippen molar-refractivity contribution in [3.05, 3.63) is 254 Å². The van der Waals surface area contributed by atoms with Gasteiger partial charge in [-0.3, -0.25) is 0 Å². The smallest absolute Gasteiger partial charge is 0.0541 e. The highest BCUT2D eigenvalue weighted by Crippen LogP contribution is 2.52. The summed E-state index contributed by atoms with van der Waals surface area (Å²) in [6, 6.07) is 88.8. The van der Waals surface area contributed by atoms with Gasteiger partial charge >= 0.3 is 0 Å². The molecule has 1 aliphatic carbocycles. The molecule has 0 fully saturated rings. The topological polar surface area (TPSA) is 8.17 Å². The minimum absolute atomic E-state index is 0.243. The van der Waals surface area contributed by atoms with Crippen LogP contribution in [0.2, 0.25) is 0 Å². The molecule has 0 radical (unpaired) electrons. The summed E-state index contributed by atoms with van der Waals surface area (Å²) in [5.74, 6) is 0. The highest BCUT2D eigenvalue weighted by Gasteiger charge is 2.36. The summed E-state index contributed by atoms with van der Waals surface area (Å²) in [5, 5.41) is 2.55. The molecule has 0 aliphatic heterocycles. The van der Waals surface area contributed by atoms with Crippen LogP contribution in [-0.4, -0.2) is 4.57 Å². The maximum absolute atomic E-state index is 2.44. The molecule has 0 unspecified atom stereocenters. The molecule has 0 amide bonds. The lowest BCUT2D eigenvalue weighted by Crippen LogP contribution is -2.17. The summed E-state index contributed by atoms with van der Waals surface area (Å²) in [5.41, 5.74) is 21.6. The van der Waals surface area contributed by atoms with E-state index in [1.807, 2.05) is 0 Å². The lowest BCUT2D eigenvalue weighted by Gasteiger charge is -2.29. The predicted octanol–water partition coefficient (Wildman–Crippen LogP) is 17.2. The quantitative estimate of drug-likeness (QED) is 0.148. The molecule has 0 saturated heterocycles. The fourth-order valence-electron chi connectivity index (χ4n) is 10.3. The van der Waals surface area contributed by atoms with Crippen molar-refractivity contribution in [1.82, 2.24) is 4.57 Å². The average Bonchev–Trinajstić information content (AvgIpc) is 3.82. The molecule has 10 aromatic carbocycles. The fraction of sp³-hybridized carbons (Fsp3) is 0.0476. The summed E-state index contributed by atoms with van der Waals surface area (Å²) in [7, 11) is 0. The van der Waals surface area contributed by atoms with Crippen molar-refractivity contribution in [2.24, 2.45) is 0 Å². The number of aromatic nitrogens is 1. The zero-order chi connectivity index (χ0) is 43.5. The molecule has 1 aliphatic rings. The SMILES string of the molecule is CC1(C)c2cc(N(c3ccc(-c4ccc(-c5ccccc5)cc4)cc3)c3cccc(-c4ccccc4-c4ccccc4)c3)ccc2-c2ccc(-n3c4ccccc4c4ccccc43)cc21. The van der Waals surface area contributed by atoms with E-state index < -0.39 is 0 Å². The summed E-state index contributed by atoms with van der Waals surface area (Å²) >= 11 is 0. The third kappa shape index (κ3) is 6.57. The number of rotatable bonds is 8. The largest absolute Gasteiger partial charge is 0.310 e. The highest BCUT2D eigenvalue weighted by atomic mass is 15.1. The first-order valence-corrected chi connectivity index (χ1v) is 22.6. The van der Waals surface area contributed by atoms with E-state index in [9.17, 15) is 0 Å². The Balaban J connectivity index is 0.962. The van der Waals surface area contributed by atoms with Crippen molar-refractivity contribution in [3.8, 4) is 61.3 Å². The van der Waals surface area contributed by atoms with Gasteiger partial charge in [0, 0.05) is 38.9 Å². The van der Waals surface area contributed by atoms with Crippen LogP contribution in [0.15, 0.2) is 243 Å². The minimum atomic E-state index is -0.243. The van der Waals surface area contributed by atoms with Crippen LogP contribution >= 0.6 is 0 Å². The fourth-order valence-corrected chi connectivity index (χ4v) is 10.3. The van der Waals surface area contributed by atoms with Crippen molar-refractivity contribution in [1.29, 1.82) is 0 Å². The lowest BCUT2D eigenvalue weighted by atomic mass is 9.82. The first-order valence-electron chi connectivity index (χ1n) is 22.6. The molecular formula is C63H46N2. The van der Waals surface area contributed by atoms with Crippen LogP contribution < -0.4 is 4.90 Å². The molecule has 0 saturated carbocycles. The molecule has 1 aromatic heterocycles. The monoisotopic (exact) mass is 830 g/mol. The van der Waals surface area contributed by atoms with Crippen molar-refractivity contribution >= 4 is 38.9 Å². The second-order valence-corrected chi connectivity index (χ2v) is 17.7. The third-order valence-corrected chi connectivity index (χ3v) is 13.6. The Labute approximate surface area is 381 Å². The normalized spacial score (nSPS) is 12.6. The Morgan fingerprint density at radius 2 is 0.754 bits per heavy atom. The van der Waals surface area contributed by atoms with Crippen molar-refractivity contribution in [2.75, 3.05) is 4.90 Å². The van der Waals surface area contributed by atoms with Gasteiger partial charge in [-0.05, 0) is 127 Å². The number of hydrogen-bond donors (Lipinski definition) is 0. The van der Waals surface area contributed by atoms with Crippen LogP contribution in [0.25, 0.3) is 83.1 Å². The Hall–Kier alpha value is -8.20. The predicted molar refractivity (Wildman–Crippen MR) is 275 cm³/mol. The zero-order valence-corrected chi connectivity index (χ0v) is 36.5. The first kappa shape index (κ1) is 38.5. The van der Waals surface area contributed by atoms with Gasteiger partial charge in [-0.1, -0.05) is 196 Å². The van der Waals surface area contributed by atoms with E-state index in [1.165, 1.54) is 94.3 Å². The average molecular weight is 831 g/mol. The van der Waals surface area contributed by atoms with Gasteiger partial charge < -0.3 is 9.47 Å². The Morgan fingerprint density at radius 3 is 1.38 bits per heavy atom. The number of anilines is 3. The molecule has 2 nitrogen and oxygen atoms in total. The van der Waals surface area contributed by atoms with Crippen molar-refractivity contribution < 1.29 is 0 Å². The number of para-hydroxylation sites is 2. The standard InChI is InChI=1S/C63H46N2/c1-63(2)59-41-51(36-38-55(59)56-39-37-52(42-60(56)63)65-61-26-13-11-24-57(61)58-25-12-14-27-62(58)65)64(49-34-32-46(33-35-49)45-30-28-44(29-31-45)43-16-5-3-6-17-43)50-21-15-20-48(40-50)54-23-10-9-22-53(54)47-18-7-4-8-19-47/h3-42H,1-2H3. The molecule has 12 rings (SSSR count). The Morgan fingerprint density at radius 1 is 0.308 bits per heavy atom. The molecule has 1 heterocycles. The maximum Gasteiger partial charge on any atom is 0.0541 e. The van der Waals surface area contributed by atoms with Gasteiger partial charge in [0.25, 0.3) is 0 Å². The summed E-state index contributed by atoms with van der Waals surface area (Å²) in [6.07, 6.45) is 0. The molecule has 0 spiro atoms. The van der Waals surface area contributed by atoms with Gasteiger partial charge in [0.15, 0.2) is 0 Å². The molecule has 2 heteroatoms. The lowest BCUT2D eigenvalue weighted by molar-refractivity contribution is 0.660. The maximum atomic E-state index is 2.44. The molecule has 0 N–H and O–H groups in total. The van der Waals surface area contributed by atoms with E-state index in [0.29, 0.717) is 0 Å². The van der Waals surface area contributed by atoms with E-state index in [1.54, 1.807) is 0 Å². The van der Waals surface area contributed by atoms with Gasteiger partial charge in [0.05, 0.1) is 11.0 Å². The van der Waals surface area contributed by atoms with Gasteiger partial charge in [-0.15, -0.1) is 0 Å². The van der Waals surface area contributed by atoms with Crippen LogP contribution in [0.3, 0.4) is 0 Å². The minimum Gasteiger partial charge on any atom is -0.310 e. The van der Waals surface area contributed by atoms with E-state index in [-0.39, 0.29) is 5.41 Å². The van der Waals surface area contributed by atoms with E-state index in [0.717, 1.165) is 17.1 Å². The Bertz CT molecular complexity index is 3490. The number of hydrogen-bond acceptors (Lipinski definition) is 1. The van der Waals surface area contributed by atoms with Crippen molar-refractivity contribution in [3.63, 3.8) is 0 Å². The number of nitrogens with zero attached hydrogens (tertiary/aromatic N) is 2. The molecular weight excluding hydrogens is 785 g/mol. The van der Waals surface area contributed by atoms with Gasteiger partial charge in [-0.2, -0.15) is 0 Å².